The van der Waals surface area contributed by atoms with Gasteiger partial charge in [-0.05, 0) is 31.9 Å². The second kappa shape index (κ2) is 8.60. The number of amides is 1. The van der Waals surface area contributed by atoms with Gasteiger partial charge in [0, 0.05) is 25.8 Å². The van der Waals surface area contributed by atoms with Crippen molar-refractivity contribution >= 4 is 23.5 Å². The maximum atomic E-state index is 12.9. The molecule has 0 aromatic heterocycles. The average molecular weight is 386 g/mol. The molecule has 1 aliphatic heterocycles. The van der Waals surface area contributed by atoms with Crippen molar-refractivity contribution < 1.29 is 28.9 Å². The number of aliphatic carboxylic acids is 1. The number of hydrogen-bond donors (Lipinski definition) is 1. The van der Waals surface area contributed by atoms with Crippen LogP contribution >= 0.6 is 11.6 Å². The predicted octanol–water partition coefficient (Wildman–Crippen LogP) is 2.70. The first-order valence-electron chi connectivity index (χ1n) is 8.40. The van der Waals surface area contributed by atoms with E-state index in [1.807, 2.05) is 6.92 Å². The minimum atomic E-state index is -1.10. The van der Waals surface area contributed by atoms with Gasteiger partial charge in [0.05, 0.1) is 25.3 Å². The van der Waals surface area contributed by atoms with Crippen LogP contribution in [0.4, 0.5) is 0 Å². The van der Waals surface area contributed by atoms with Crippen molar-refractivity contribution in [2.24, 2.45) is 5.41 Å². The molecule has 0 radical (unpaired) electrons. The Morgan fingerprint density at radius 3 is 2.65 bits per heavy atom. The normalized spacial score (nSPS) is 19.9. The molecule has 0 bridgehead atoms. The highest BCUT2D eigenvalue weighted by Gasteiger charge is 2.44. The predicted molar refractivity (Wildman–Crippen MR) is 96.3 cm³/mol. The maximum Gasteiger partial charge on any atom is 0.313 e. The zero-order valence-electron chi connectivity index (χ0n) is 15.2. The highest BCUT2D eigenvalue weighted by molar-refractivity contribution is 6.32. The van der Waals surface area contributed by atoms with Crippen molar-refractivity contribution in [3.05, 3.63) is 22.7 Å². The number of halogens is 1. The van der Waals surface area contributed by atoms with Crippen LogP contribution in [0.25, 0.3) is 0 Å². The van der Waals surface area contributed by atoms with Gasteiger partial charge in [0.25, 0.3) is 5.91 Å². The molecule has 1 aliphatic rings. The lowest BCUT2D eigenvalue weighted by Gasteiger charge is -2.39. The van der Waals surface area contributed by atoms with Crippen molar-refractivity contribution in [1.82, 2.24) is 4.90 Å². The molecule has 2 rings (SSSR count). The van der Waals surface area contributed by atoms with Crippen molar-refractivity contribution in [3.63, 3.8) is 0 Å². The maximum absolute atomic E-state index is 12.9. The molecule has 1 heterocycles. The second-order valence-electron chi connectivity index (χ2n) is 6.27. The van der Waals surface area contributed by atoms with Gasteiger partial charge in [-0.3, -0.25) is 9.59 Å². The van der Waals surface area contributed by atoms with E-state index in [2.05, 4.69) is 0 Å². The number of carbonyl (C=O) groups excluding carboxylic acids is 1. The minimum absolute atomic E-state index is 0.0550. The molecule has 1 aromatic carbocycles. The Morgan fingerprint density at radius 1 is 1.35 bits per heavy atom. The zero-order valence-corrected chi connectivity index (χ0v) is 16.0. The third kappa shape index (κ3) is 4.04. The molecule has 144 valence electrons. The summed E-state index contributed by atoms with van der Waals surface area (Å²) in [6.07, 6.45) is 1.05. The second-order valence-corrected chi connectivity index (χ2v) is 6.68. The smallest absolute Gasteiger partial charge is 0.313 e. The fourth-order valence-corrected chi connectivity index (χ4v) is 3.51. The SMILES string of the molecule is CCOc1c(Cl)cc(C(=O)N2CCCC(COC)(C(=O)O)C2)cc1OC. The molecule has 1 fully saturated rings. The Kier molecular flexibility index (Phi) is 6.72. The standard InChI is InChI=1S/C18H24ClNO6/c1-4-26-15-13(19)8-12(9-14(15)25-3)16(21)20-7-5-6-18(10-20,11-24-2)17(22)23/h8-9H,4-7,10-11H2,1-3H3,(H,22,23). The molecule has 0 spiro atoms. The van der Waals surface area contributed by atoms with E-state index in [4.69, 9.17) is 25.8 Å². The van der Waals surface area contributed by atoms with Crippen molar-refractivity contribution in [2.75, 3.05) is 40.5 Å². The van der Waals surface area contributed by atoms with Crippen LogP contribution in [-0.4, -0.2) is 62.4 Å². The fraction of sp³-hybridized carbons (Fsp3) is 0.556. The van der Waals surface area contributed by atoms with E-state index in [1.165, 1.54) is 25.2 Å². The van der Waals surface area contributed by atoms with Gasteiger partial charge in [0.15, 0.2) is 11.5 Å². The van der Waals surface area contributed by atoms with Crippen LogP contribution in [0.5, 0.6) is 11.5 Å². The lowest BCUT2D eigenvalue weighted by molar-refractivity contribution is -0.155. The highest BCUT2D eigenvalue weighted by Crippen LogP contribution is 2.38. The summed E-state index contributed by atoms with van der Waals surface area (Å²) in [7, 11) is 2.93. The molecule has 1 saturated heterocycles. The van der Waals surface area contributed by atoms with E-state index in [0.29, 0.717) is 43.1 Å². The van der Waals surface area contributed by atoms with Gasteiger partial charge >= 0.3 is 5.97 Å². The summed E-state index contributed by atoms with van der Waals surface area (Å²) in [5.74, 6) is -0.513. The largest absolute Gasteiger partial charge is 0.493 e. The number of carboxylic acid groups (broad SMARTS) is 1. The van der Waals surface area contributed by atoms with Gasteiger partial charge < -0.3 is 24.2 Å². The number of carbonyl (C=O) groups is 2. The lowest BCUT2D eigenvalue weighted by Crippen LogP contribution is -2.52. The quantitative estimate of drug-likeness (QED) is 0.776. The number of piperidine rings is 1. The number of carboxylic acids is 1. The molecule has 1 N–H and O–H groups in total. The Bertz CT molecular complexity index is 676. The lowest BCUT2D eigenvalue weighted by atomic mass is 9.80. The topological polar surface area (TPSA) is 85.3 Å². The van der Waals surface area contributed by atoms with E-state index in [-0.39, 0.29) is 24.1 Å². The summed E-state index contributed by atoms with van der Waals surface area (Å²) in [5, 5.41) is 9.91. The van der Waals surface area contributed by atoms with E-state index in [0.717, 1.165) is 0 Å². The van der Waals surface area contributed by atoms with Crippen LogP contribution in [0.15, 0.2) is 12.1 Å². The first-order valence-corrected chi connectivity index (χ1v) is 8.78. The molecule has 7 nitrogen and oxygen atoms in total. The van der Waals surface area contributed by atoms with Gasteiger partial charge in [0.2, 0.25) is 0 Å². The summed E-state index contributed by atoms with van der Waals surface area (Å²) >= 11 is 6.24. The molecule has 8 heteroatoms. The Balaban J connectivity index is 2.30. The summed E-state index contributed by atoms with van der Waals surface area (Å²) in [4.78, 5) is 26.2. The number of ether oxygens (including phenoxy) is 3. The van der Waals surface area contributed by atoms with E-state index in [1.54, 1.807) is 6.07 Å². The van der Waals surface area contributed by atoms with Crippen LogP contribution < -0.4 is 9.47 Å². The monoisotopic (exact) mass is 385 g/mol. The Morgan fingerprint density at radius 2 is 2.08 bits per heavy atom. The third-order valence-electron chi connectivity index (χ3n) is 4.50. The number of methoxy groups -OCH3 is 2. The molecule has 26 heavy (non-hydrogen) atoms. The molecular formula is C18H24ClNO6. The van der Waals surface area contributed by atoms with Crippen LogP contribution in [0.2, 0.25) is 5.02 Å². The van der Waals surface area contributed by atoms with Gasteiger partial charge in [-0.25, -0.2) is 0 Å². The van der Waals surface area contributed by atoms with Crippen LogP contribution in [-0.2, 0) is 9.53 Å². The van der Waals surface area contributed by atoms with Gasteiger partial charge in [-0.1, -0.05) is 11.6 Å². The Labute approximate surface area is 157 Å². The molecular weight excluding hydrogens is 362 g/mol. The number of benzene rings is 1. The van der Waals surface area contributed by atoms with Crippen LogP contribution in [0.3, 0.4) is 0 Å². The summed E-state index contributed by atoms with van der Waals surface area (Å²) in [6, 6.07) is 3.08. The van der Waals surface area contributed by atoms with Gasteiger partial charge in [-0.2, -0.15) is 0 Å². The number of rotatable bonds is 7. The molecule has 0 saturated carbocycles. The molecule has 1 atom stereocenters. The van der Waals surface area contributed by atoms with Crippen molar-refractivity contribution in [1.29, 1.82) is 0 Å². The number of nitrogens with zero attached hydrogens (tertiary/aromatic N) is 1. The molecule has 0 aliphatic carbocycles. The average Bonchev–Trinajstić information content (AvgIpc) is 2.63. The zero-order chi connectivity index (χ0) is 19.3. The highest BCUT2D eigenvalue weighted by atomic mass is 35.5. The van der Waals surface area contributed by atoms with Gasteiger partial charge in [-0.15, -0.1) is 0 Å². The fourth-order valence-electron chi connectivity index (χ4n) is 3.25. The first kappa shape index (κ1) is 20.3. The van der Waals surface area contributed by atoms with E-state index in [9.17, 15) is 14.7 Å². The van der Waals surface area contributed by atoms with Crippen molar-refractivity contribution in [3.8, 4) is 11.5 Å². The number of likely N-dealkylation sites (tertiary alicyclic amines) is 1. The van der Waals surface area contributed by atoms with E-state index < -0.39 is 11.4 Å². The summed E-state index contributed by atoms with van der Waals surface area (Å²) in [5.41, 5.74) is -0.768. The molecule has 1 unspecified atom stereocenters. The summed E-state index contributed by atoms with van der Waals surface area (Å²) in [6.45, 7) is 2.85. The van der Waals surface area contributed by atoms with E-state index >= 15 is 0 Å². The van der Waals surface area contributed by atoms with Crippen LogP contribution in [0, 0.1) is 5.41 Å². The van der Waals surface area contributed by atoms with Gasteiger partial charge in [0.1, 0.15) is 5.41 Å². The minimum Gasteiger partial charge on any atom is -0.493 e. The summed E-state index contributed by atoms with van der Waals surface area (Å²) < 4.78 is 15.8. The number of hydrogen-bond acceptors (Lipinski definition) is 5. The third-order valence-corrected chi connectivity index (χ3v) is 4.78. The Hall–Kier alpha value is -1.99. The molecule has 1 aromatic rings. The molecule has 1 amide bonds. The van der Waals surface area contributed by atoms with Crippen molar-refractivity contribution in [2.45, 2.75) is 19.8 Å². The van der Waals surface area contributed by atoms with Crippen LogP contribution in [0.1, 0.15) is 30.1 Å². The first-order chi connectivity index (χ1) is 12.4.